The molecule has 0 amide bonds. The molecule has 2 atom stereocenters. The van der Waals surface area contributed by atoms with Crippen molar-refractivity contribution in [3.63, 3.8) is 0 Å². The monoisotopic (exact) mass is 212 g/mol. The van der Waals surface area contributed by atoms with Crippen LogP contribution in [0.2, 0.25) is 0 Å². The number of furan rings is 1. The second kappa shape index (κ2) is 6.61. The van der Waals surface area contributed by atoms with Gasteiger partial charge in [0.05, 0.1) is 12.3 Å². The van der Waals surface area contributed by atoms with Crippen LogP contribution in [0.5, 0.6) is 0 Å². The van der Waals surface area contributed by atoms with Gasteiger partial charge in [0, 0.05) is 19.2 Å². The summed E-state index contributed by atoms with van der Waals surface area (Å²) in [5, 5.41) is 12.1. The quantitative estimate of drug-likeness (QED) is 0.631. The third-order valence-electron chi connectivity index (χ3n) is 2.40. The van der Waals surface area contributed by atoms with E-state index < -0.39 is 0 Å². The summed E-state index contributed by atoms with van der Waals surface area (Å²) in [5.74, 6) is 0.869. The molecule has 0 aliphatic carbocycles. The van der Waals surface area contributed by atoms with Crippen LogP contribution in [-0.4, -0.2) is 24.3 Å². The van der Waals surface area contributed by atoms with Crippen molar-refractivity contribution in [2.24, 2.45) is 5.73 Å². The van der Waals surface area contributed by atoms with Crippen LogP contribution < -0.4 is 11.1 Å². The molecule has 1 heterocycles. The minimum Gasteiger partial charge on any atom is -0.468 e. The molecular weight excluding hydrogens is 192 g/mol. The molecule has 0 spiro atoms. The van der Waals surface area contributed by atoms with E-state index in [1.807, 2.05) is 12.1 Å². The average molecular weight is 212 g/mol. The van der Waals surface area contributed by atoms with Crippen LogP contribution in [0.3, 0.4) is 0 Å². The summed E-state index contributed by atoms with van der Waals surface area (Å²) in [5.41, 5.74) is 5.67. The molecule has 0 bridgehead atoms. The number of aliphatic hydroxyl groups excluding tert-OH is 1. The van der Waals surface area contributed by atoms with E-state index in [-0.39, 0.29) is 12.6 Å². The molecular formula is C11H20N2O2. The second-order valence-corrected chi connectivity index (χ2v) is 3.74. The number of nitrogens with two attached hydrogens (primary N) is 1. The molecule has 0 aliphatic heterocycles. The minimum absolute atomic E-state index is 0.0636. The van der Waals surface area contributed by atoms with Crippen molar-refractivity contribution in [1.29, 1.82) is 0 Å². The predicted octanol–water partition coefficient (Wildman–Crippen LogP) is 1.03. The van der Waals surface area contributed by atoms with E-state index in [9.17, 15) is 0 Å². The molecule has 15 heavy (non-hydrogen) atoms. The lowest BCUT2D eigenvalue weighted by Gasteiger charge is -2.20. The summed E-state index contributed by atoms with van der Waals surface area (Å²) in [6.45, 7) is 2.83. The molecule has 4 heteroatoms. The van der Waals surface area contributed by atoms with Crippen LogP contribution in [0.15, 0.2) is 22.8 Å². The first-order chi connectivity index (χ1) is 7.27. The summed E-state index contributed by atoms with van der Waals surface area (Å²) in [6.07, 6.45) is 3.40. The number of hydrogen-bond donors (Lipinski definition) is 3. The molecule has 1 aromatic heterocycles. The summed E-state index contributed by atoms with van der Waals surface area (Å²) in [6, 6.07) is 4.17. The van der Waals surface area contributed by atoms with Crippen molar-refractivity contribution in [3.05, 3.63) is 24.2 Å². The molecule has 0 fully saturated rings. The zero-order chi connectivity index (χ0) is 11.1. The highest BCUT2D eigenvalue weighted by Crippen LogP contribution is 2.13. The van der Waals surface area contributed by atoms with Crippen LogP contribution in [0.4, 0.5) is 0 Å². The molecule has 0 saturated carbocycles. The Balaban J connectivity index is 2.40. The van der Waals surface area contributed by atoms with Crippen molar-refractivity contribution in [2.45, 2.75) is 31.8 Å². The zero-order valence-electron chi connectivity index (χ0n) is 9.15. The Morgan fingerprint density at radius 3 is 2.93 bits per heavy atom. The van der Waals surface area contributed by atoms with Crippen molar-refractivity contribution in [1.82, 2.24) is 5.32 Å². The van der Waals surface area contributed by atoms with E-state index in [2.05, 4.69) is 12.2 Å². The summed E-state index contributed by atoms with van der Waals surface area (Å²) in [7, 11) is 0. The Bertz CT molecular complexity index is 249. The maximum atomic E-state index is 8.72. The van der Waals surface area contributed by atoms with Gasteiger partial charge in [-0.3, -0.25) is 0 Å². The highest BCUT2D eigenvalue weighted by Gasteiger charge is 2.14. The molecule has 2 unspecified atom stereocenters. The van der Waals surface area contributed by atoms with Gasteiger partial charge in [-0.15, -0.1) is 0 Å². The van der Waals surface area contributed by atoms with E-state index >= 15 is 0 Å². The van der Waals surface area contributed by atoms with Gasteiger partial charge >= 0.3 is 0 Å². The van der Waals surface area contributed by atoms with Crippen LogP contribution >= 0.6 is 0 Å². The lowest BCUT2D eigenvalue weighted by molar-refractivity contribution is 0.271. The van der Waals surface area contributed by atoms with Gasteiger partial charge in [0.25, 0.3) is 0 Å². The van der Waals surface area contributed by atoms with Crippen LogP contribution in [-0.2, 0) is 0 Å². The van der Waals surface area contributed by atoms with E-state index in [4.69, 9.17) is 15.3 Å². The van der Waals surface area contributed by atoms with Crippen molar-refractivity contribution in [2.75, 3.05) is 13.2 Å². The van der Waals surface area contributed by atoms with Gasteiger partial charge in [-0.05, 0) is 31.9 Å². The maximum Gasteiger partial charge on any atom is 0.121 e. The Morgan fingerprint density at radius 1 is 1.60 bits per heavy atom. The molecule has 1 aromatic rings. The fourth-order valence-electron chi connectivity index (χ4n) is 1.58. The van der Waals surface area contributed by atoms with E-state index in [1.54, 1.807) is 6.26 Å². The summed E-state index contributed by atoms with van der Waals surface area (Å²) >= 11 is 0. The first-order valence-corrected chi connectivity index (χ1v) is 5.38. The molecule has 0 radical (unpaired) electrons. The fourth-order valence-corrected chi connectivity index (χ4v) is 1.58. The molecule has 4 nitrogen and oxygen atoms in total. The molecule has 0 aliphatic rings. The van der Waals surface area contributed by atoms with Gasteiger partial charge in [-0.25, -0.2) is 0 Å². The molecule has 0 aromatic carbocycles. The van der Waals surface area contributed by atoms with Crippen LogP contribution in [0.25, 0.3) is 0 Å². The molecule has 1 rings (SSSR count). The average Bonchev–Trinajstić information content (AvgIpc) is 2.76. The largest absolute Gasteiger partial charge is 0.468 e. The molecule has 0 saturated heterocycles. The SMILES string of the molecule is CC(CCCO)NC(CN)c1ccco1. The smallest absolute Gasteiger partial charge is 0.121 e. The number of aliphatic hydroxyl groups is 1. The van der Waals surface area contributed by atoms with Gasteiger partial charge in [-0.2, -0.15) is 0 Å². The Labute approximate surface area is 90.5 Å². The lowest BCUT2D eigenvalue weighted by atomic mass is 10.1. The minimum atomic E-state index is 0.0636. The zero-order valence-corrected chi connectivity index (χ0v) is 9.15. The van der Waals surface area contributed by atoms with Gasteiger partial charge in [0.1, 0.15) is 5.76 Å². The van der Waals surface area contributed by atoms with Gasteiger partial charge in [0.2, 0.25) is 0 Å². The Morgan fingerprint density at radius 2 is 2.40 bits per heavy atom. The third-order valence-corrected chi connectivity index (χ3v) is 2.40. The number of nitrogens with one attached hydrogen (secondary N) is 1. The van der Waals surface area contributed by atoms with Crippen LogP contribution in [0.1, 0.15) is 31.6 Å². The maximum absolute atomic E-state index is 8.72. The summed E-state index contributed by atoms with van der Waals surface area (Å²) in [4.78, 5) is 0. The number of hydrogen-bond acceptors (Lipinski definition) is 4. The van der Waals surface area contributed by atoms with Crippen LogP contribution in [0, 0.1) is 0 Å². The molecule has 4 N–H and O–H groups in total. The second-order valence-electron chi connectivity index (χ2n) is 3.74. The first kappa shape index (κ1) is 12.2. The Kier molecular flexibility index (Phi) is 5.39. The topological polar surface area (TPSA) is 71.4 Å². The van der Waals surface area contributed by atoms with Crippen molar-refractivity contribution in [3.8, 4) is 0 Å². The van der Waals surface area contributed by atoms with Crippen molar-refractivity contribution >= 4 is 0 Å². The summed E-state index contributed by atoms with van der Waals surface area (Å²) < 4.78 is 5.30. The van der Waals surface area contributed by atoms with Gasteiger partial charge < -0.3 is 20.6 Å². The van der Waals surface area contributed by atoms with E-state index in [0.29, 0.717) is 12.6 Å². The predicted molar refractivity (Wildman–Crippen MR) is 59.4 cm³/mol. The van der Waals surface area contributed by atoms with Crippen molar-refractivity contribution < 1.29 is 9.52 Å². The normalized spacial score (nSPS) is 15.1. The highest BCUT2D eigenvalue weighted by molar-refractivity contribution is 5.05. The molecule has 86 valence electrons. The first-order valence-electron chi connectivity index (χ1n) is 5.38. The van der Waals surface area contributed by atoms with Gasteiger partial charge in [-0.1, -0.05) is 0 Å². The van der Waals surface area contributed by atoms with Gasteiger partial charge in [0.15, 0.2) is 0 Å². The number of rotatable bonds is 7. The Hall–Kier alpha value is -0.840. The highest BCUT2D eigenvalue weighted by atomic mass is 16.3. The van der Waals surface area contributed by atoms with E-state index in [0.717, 1.165) is 18.6 Å². The van der Waals surface area contributed by atoms with E-state index in [1.165, 1.54) is 0 Å². The fraction of sp³-hybridized carbons (Fsp3) is 0.636. The standard InChI is InChI=1S/C11H20N2O2/c1-9(4-2-6-14)13-10(8-12)11-5-3-7-15-11/h3,5,7,9-10,13-14H,2,4,6,8,12H2,1H3. The lowest BCUT2D eigenvalue weighted by Crippen LogP contribution is -2.34. The third kappa shape index (κ3) is 4.03.